The van der Waals surface area contributed by atoms with Crippen molar-refractivity contribution in [3.63, 3.8) is 0 Å². The fraction of sp³-hybridized carbons (Fsp3) is 0.158. The van der Waals surface area contributed by atoms with Gasteiger partial charge in [0.1, 0.15) is 5.03 Å². The topological polar surface area (TPSA) is 98.0 Å². The van der Waals surface area contributed by atoms with E-state index in [1.54, 1.807) is 23.7 Å². The zero-order valence-corrected chi connectivity index (χ0v) is 16.5. The van der Waals surface area contributed by atoms with Crippen LogP contribution in [-0.2, 0) is 11.2 Å². The van der Waals surface area contributed by atoms with Gasteiger partial charge in [0, 0.05) is 16.5 Å². The van der Waals surface area contributed by atoms with Crippen LogP contribution in [0.4, 0.5) is 5.13 Å². The first-order valence-corrected chi connectivity index (χ1v) is 9.86. The number of nitrogens with one attached hydrogen (secondary N) is 1. The zero-order chi connectivity index (χ0) is 19.4. The maximum atomic E-state index is 12.7. The van der Waals surface area contributed by atoms with Crippen LogP contribution >= 0.6 is 23.1 Å². The summed E-state index contributed by atoms with van der Waals surface area (Å²) in [5.41, 5.74) is 8.58. The summed E-state index contributed by atoms with van der Waals surface area (Å²) >= 11 is 2.69. The van der Waals surface area contributed by atoms with Crippen LogP contribution in [0.1, 0.15) is 27.2 Å². The Morgan fingerprint density at radius 2 is 2.04 bits per heavy atom. The number of primary amides is 1. The number of amides is 2. The van der Waals surface area contributed by atoms with Gasteiger partial charge in [-0.25, -0.2) is 9.97 Å². The SMILES string of the molecule is Cc1ccc(Sc2ncccc2C(=O)Nc2nc(CC(N)=O)cs2)cc1C. The van der Waals surface area contributed by atoms with E-state index in [1.807, 2.05) is 6.07 Å². The van der Waals surface area contributed by atoms with Crippen LogP contribution in [0.15, 0.2) is 51.8 Å². The Labute approximate surface area is 165 Å². The Hall–Kier alpha value is -2.71. The second-order valence-corrected chi connectivity index (χ2v) is 7.87. The van der Waals surface area contributed by atoms with E-state index >= 15 is 0 Å². The van der Waals surface area contributed by atoms with Crippen LogP contribution in [0.25, 0.3) is 0 Å². The fourth-order valence-electron chi connectivity index (χ4n) is 2.32. The van der Waals surface area contributed by atoms with E-state index in [4.69, 9.17) is 5.73 Å². The molecule has 0 aliphatic rings. The average Bonchev–Trinajstić information content (AvgIpc) is 3.04. The largest absolute Gasteiger partial charge is 0.369 e. The van der Waals surface area contributed by atoms with Crippen LogP contribution in [0.2, 0.25) is 0 Å². The number of hydrogen-bond donors (Lipinski definition) is 2. The normalized spacial score (nSPS) is 10.6. The summed E-state index contributed by atoms with van der Waals surface area (Å²) in [4.78, 5) is 33.2. The van der Waals surface area contributed by atoms with Crippen LogP contribution < -0.4 is 11.1 Å². The van der Waals surface area contributed by atoms with E-state index in [-0.39, 0.29) is 12.3 Å². The molecule has 0 aliphatic heterocycles. The molecule has 3 N–H and O–H groups in total. The summed E-state index contributed by atoms with van der Waals surface area (Å²) in [6.07, 6.45) is 1.71. The molecule has 0 aliphatic carbocycles. The highest BCUT2D eigenvalue weighted by molar-refractivity contribution is 7.99. The summed E-state index contributed by atoms with van der Waals surface area (Å²) in [7, 11) is 0. The standard InChI is InChI=1S/C19H18N4O2S2/c1-11-5-6-14(8-12(11)2)27-18-15(4-3-7-21-18)17(25)23-19-22-13(10-26-19)9-16(20)24/h3-8,10H,9H2,1-2H3,(H2,20,24)(H,22,23,25). The molecule has 1 aromatic carbocycles. The molecular weight excluding hydrogens is 380 g/mol. The highest BCUT2D eigenvalue weighted by atomic mass is 32.2. The predicted octanol–water partition coefficient (Wildman–Crippen LogP) is 3.59. The summed E-state index contributed by atoms with van der Waals surface area (Å²) in [6, 6.07) is 9.59. The Morgan fingerprint density at radius 1 is 1.22 bits per heavy atom. The number of carbonyl (C=O) groups excluding carboxylic acids is 2. The number of nitrogens with zero attached hydrogens (tertiary/aromatic N) is 2. The third-order valence-electron chi connectivity index (χ3n) is 3.84. The van der Waals surface area contributed by atoms with Crippen molar-refractivity contribution in [3.05, 3.63) is 64.3 Å². The van der Waals surface area contributed by atoms with Gasteiger partial charge in [-0.05, 0) is 49.2 Å². The number of thiazole rings is 1. The van der Waals surface area contributed by atoms with E-state index in [0.717, 1.165) is 4.90 Å². The van der Waals surface area contributed by atoms with Gasteiger partial charge in [0.25, 0.3) is 5.91 Å². The zero-order valence-electron chi connectivity index (χ0n) is 14.9. The van der Waals surface area contributed by atoms with E-state index in [2.05, 4.69) is 41.3 Å². The average molecular weight is 399 g/mol. The molecule has 27 heavy (non-hydrogen) atoms. The van der Waals surface area contributed by atoms with E-state index in [0.29, 0.717) is 21.4 Å². The van der Waals surface area contributed by atoms with E-state index in [9.17, 15) is 9.59 Å². The Balaban J connectivity index is 1.78. The first-order valence-electron chi connectivity index (χ1n) is 8.16. The summed E-state index contributed by atoms with van der Waals surface area (Å²) < 4.78 is 0. The van der Waals surface area contributed by atoms with E-state index in [1.165, 1.54) is 34.2 Å². The number of pyridine rings is 1. The maximum Gasteiger partial charge on any atom is 0.260 e. The van der Waals surface area contributed by atoms with Gasteiger partial charge in [-0.1, -0.05) is 17.8 Å². The molecule has 3 rings (SSSR count). The molecular formula is C19H18N4O2S2. The number of aryl methyl sites for hydroxylation is 2. The lowest BCUT2D eigenvalue weighted by molar-refractivity contribution is -0.117. The molecule has 0 fully saturated rings. The number of rotatable bonds is 6. The Bertz CT molecular complexity index is 1000. The van der Waals surface area contributed by atoms with Gasteiger partial charge in [-0.2, -0.15) is 0 Å². The van der Waals surface area contributed by atoms with Crippen LogP contribution in [0.3, 0.4) is 0 Å². The summed E-state index contributed by atoms with van der Waals surface area (Å²) in [5, 5.41) is 5.50. The van der Waals surface area contributed by atoms with Gasteiger partial charge in [0.2, 0.25) is 5.91 Å². The molecule has 3 aromatic rings. The van der Waals surface area contributed by atoms with Crippen molar-refractivity contribution in [2.45, 2.75) is 30.2 Å². The maximum absolute atomic E-state index is 12.7. The lowest BCUT2D eigenvalue weighted by Gasteiger charge is -2.09. The number of aromatic nitrogens is 2. The van der Waals surface area contributed by atoms with Gasteiger partial charge in [-0.15, -0.1) is 11.3 Å². The molecule has 0 saturated carbocycles. The minimum atomic E-state index is -0.461. The second kappa shape index (κ2) is 8.32. The Morgan fingerprint density at radius 3 is 2.78 bits per heavy atom. The monoisotopic (exact) mass is 398 g/mol. The molecule has 0 saturated heterocycles. The minimum Gasteiger partial charge on any atom is -0.369 e. The minimum absolute atomic E-state index is 0.0487. The highest BCUT2D eigenvalue weighted by Gasteiger charge is 2.16. The first-order chi connectivity index (χ1) is 12.9. The van der Waals surface area contributed by atoms with Gasteiger partial charge in [0.15, 0.2) is 5.13 Å². The molecule has 138 valence electrons. The number of nitrogens with two attached hydrogens (primary N) is 1. The molecule has 0 atom stereocenters. The summed E-state index contributed by atoms with van der Waals surface area (Å²) in [5.74, 6) is -0.757. The van der Waals surface area contributed by atoms with E-state index < -0.39 is 5.91 Å². The smallest absolute Gasteiger partial charge is 0.260 e. The molecule has 2 amide bonds. The van der Waals surface area contributed by atoms with Crippen molar-refractivity contribution < 1.29 is 9.59 Å². The van der Waals surface area contributed by atoms with Gasteiger partial charge in [0.05, 0.1) is 17.7 Å². The van der Waals surface area contributed by atoms with Crippen LogP contribution in [0.5, 0.6) is 0 Å². The number of carbonyl (C=O) groups is 2. The Kier molecular flexibility index (Phi) is 5.88. The second-order valence-electron chi connectivity index (χ2n) is 5.95. The van der Waals surface area contributed by atoms with Crippen molar-refractivity contribution in [2.75, 3.05) is 5.32 Å². The fourth-order valence-corrected chi connectivity index (χ4v) is 4.01. The van der Waals surface area contributed by atoms with Crippen LogP contribution in [0, 0.1) is 13.8 Å². The number of hydrogen-bond acceptors (Lipinski definition) is 6. The van der Waals surface area contributed by atoms with Crippen molar-refractivity contribution in [2.24, 2.45) is 5.73 Å². The first kappa shape index (κ1) is 19.1. The number of anilines is 1. The molecule has 8 heteroatoms. The highest BCUT2D eigenvalue weighted by Crippen LogP contribution is 2.30. The third-order valence-corrected chi connectivity index (χ3v) is 5.65. The van der Waals surface area contributed by atoms with Crippen LogP contribution in [-0.4, -0.2) is 21.8 Å². The van der Waals surface area contributed by atoms with Crippen molar-refractivity contribution >= 4 is 40.0 Å². The molecule has 2 heterocycles. The van der Waals surface area contributed by atoms with Gasteiger partial charge < -0.3 is 5.73 Å². The van der Waals surface area contributed by atoms with Crippen molar-refractivity contribution in [3.8, 4) is 0 Å². The lowest BCUT2D eigenvalue weighted by atomic mass is 10.1. The lowest BCUT2D eigenvalue weighted by Crippen LogP contribution is -2.15. The molecule has 0 radical (unpaired) electrons. The molecule has 6 nitrogen and oxygen atoms in total. The van der Waals surface area contributed by atoms with Gasteiger partial charge >= 0.3 is 0 Å². The molecule has 0 bridgehead atoms. The molecule has 2 aromatic heterocycles. The quantitative estimate of drug-likeness (QED) is 0.661. The van der Waals surface area contributed by atoms with Crippen molar-refractivity contribution in [1.82, 2.24) is 9.97 Å². The molecule has 0 unspecified atom stereocenters. The third kappa shape index (κ3) is 4.93. The van der Waals surface area contributed by atoms with Gasteiger partial charge in [-0.3, -0.25) is 14.9 Å². The predicted molar refractivity (Wildman–Crippen MR) is 107 cm³/mol. The summed E-state index contributed by atoms with van der Waals surface area (Å²) in [6.45, 7) is 4.11. The molecule has 0 spiro atoms. The number of benzene rings is 1. The van der Waals surface area contributed by atoms with Crippen molar-refractivity contribution in [1.29, 1.82) is 0 Å².